The minimum Gasteiger partial charge on any atom is -0.333 e. The Morgan fingerprint density at radius 1 is 1.17 bits per heavy atom. The number of hydrogen-bond donors (Lipinski definition) is 1. The third kappa shape index (κ3) is 3.90. The molecule has 0 aliphatic heterocycles. The molecule has 4 aromatic rings. The van der Waals surface area contributed by atoms with Gasteiger partial charge in [0, 0.05) is 28.4 Å². The average Bonchev–Trinajstić information content (AvgIpc) is 3.40. The van der Waals surface area contributed by atoms with Gasteiger partial charge in [0.05, 0.1) is 9.80 Å². The highest BCUT2D eigenvalue weighted by Gasteiger charge is 2.16. The van der Waals surface area contributed by atoms with Crippen molar-refractivity contribution >= 4 is 28.6 Å². The predicted octanol–water partition coefficient (Wildman–Crippen LogP) is 4.93. The Labute approximate surface area is 169 Å². The van der Waals surface area contributed by atoms with Crippen LogP contribution in [0, 0.1) is 17.0 Å². The van der Waals surface area contributed by atoms with Gasteiger partial charge in [-0.2, -0.15) is 4.98 Å². The van der Waals surface area contributed by atoms with Crippen molar-refractivity contribution in [1.29, 1.82) is 0 Å². The van der Waals surface area contributed by atoms with Crippen LogP contribution in [0.5, 0.6) is 0 Å². The quantitative estimate of drug-likeness (QED) is 0.371. The van der Waals surface area contributed by atoms with Gasteiger partial charge < -0.3 is 9.84 Å². The van der Waals surface area contributed by atoms with Crippen LogP contribution in [0.1, 0.15) is 15.9 Å². The maximum Gasteiger partial charge on any atom is 0.273 e. The summed E-state index contributed by atoms with van der Waals surface area (Å²) in [5, 5.41) is 19.7. The number of thiophene rings is 1. The van der Waals surface area contributed by atoms with Crippen molar-refractivity contribution in [1.82, 2.24) is 10.1 Å². The second kappa shape index (κ2) is 7.64. The molecule has 0 saturated carbocycles. The van der Waals surface area contributed by atoms with E-state index in [-0.39, 0.29) is 11.3 Å². The smallest absolute Gasteiger partial charge is 0.273 e. The van der Waals surface area contributed by atoms with Crippen LogP contribution in [-0.2, 0) is 0 Å². The number of nitro groups is 1. The molecule has 9 heteroatoms. The van der Waals surface area contributed by atoms with Gasteiger partial charge in [-0.15, -0.1) is 11.3 Å². The molecular weight excluding hydrogens is 392 g/mol. The summed E-state index contributed by atoms with van der Waals surface area (Å²) in [5.74, 6) is 0.467. The number of nitrogens with one attached hydrogen (secondary N) is 1. The maximum absolute atomic E-state index is 12.4. The van der Waals surface area contributed by atoms with E-state index in [2.05, 4.69) is 15.5 Å². The highest BCUT2D eigenvalue weighted by atomic mass is 32.1. The fourth-order valence-corrected chi connectivity index (χ4v) is 3.34. The number of carbonyl (C=O) groups excluding carboxylic acids is 1. The molecule has 29 heavy (non-hydrogen) atoms. The Bertz CT molecular complexity index is 1180. The number of carbonyl (C=O) groups is 1. The Balaban J connectivity index is 1.49. The van der Waals surface area contributed by atoms with Gasteiger partial charge in [0.1, 0.15) is 0 Å². The minimum absolute atomic E-state index is 0.0911. The Kier molecular flexibility index (Phi) is 4.88. The van der Waals surface area contributed by atoms with Crippen molar-refractivity contribution in [3.05, 3.63) is 81.2 Å². The molecule has 0 saturated heterocycles. The number of rotatable bonds is 5. The van der Waals surface area contributed by atoms with Gasteiger partial charge in [-0.25, -0.2) is 0 Å². The molecule has 1 amide bonds. The molecule has 144 valence electrons. The zero-order valence-electron chi connectivity index (χ0n) is 15.2. The SMILES string of the molecule is Cc1ccc(C(=O)Nc2ccc(-c3noc(-c4cccs4)n3)cc2)cc1[N+](=O)[O-]. The minimum atomic E-state index is -0.504. The third-order valence-electron chi connectivity index (χ3n) is 4.23. The van der Waals surface area contributed by atoms with Crippen LogP contribution < -0.4 is 5.32 Å². The lowest BCUT2D eigenvalue weighted by molar-refractivity contribution is -0.385. The molecule has 0 radical (unpaired) electrons. The Hall–Kier alpha value is -3.85. The predicted molar refractivity (Wildman–Crippen MR) is 109 cm³/mol. The number of hydrogen-bond acceptors (Lipinski definition) is 7. The first-order chi connectivity index (χ1) is 14.0. The maximum atomic E-state index is 12.4. The first-order valence-electron chi connectivity index (χ1n) is 8.55. The van der Waals surface area contributed by atoms with E-state index in [1.165, 1.54) is 17.4 Å². The van der Waals surface area contributed by atoms with E-state index < -0.39 is 10.8 Å². The molecule has 0 aliphatic carbocycles. The number of aryl methyl sites for hydroxylation is 1. The van der Waals surface area contributed by atoms with E-state index in [0.29, 0.717) is 23.0 Å². The first-order valence-corrected chi connectivity index (χ1v) is 9.43. The van der Waals surface area contributed by atoms with Gasteiger partial charge in [-0.05, 0) is 48.7 Å². The van der Waals surface area contributed by atoms with Gasteiger partial charge in [0.25, 0.3) is 17.5 Å². The highest BCUT2D eigenvalue weighted by Crippen LogP contribution is 2.26. The summed E-state index contributed by atoms with van der Waals surface area (Å²) in [4.78, 5) is 28.2. The van der Waals surface area contributed by atoms with Gasteiger partial charge in [-0.3, -0.25) is 14.9 Å². The molecule has 1 N–H and O–H groups in total. The summed E-state index contributed by atoms with van der Waals surface area (Å²) < 4.78 is 5.28. The average molecular weight is 406 g/mol. The molecule has 2 aromatic heterocycles. The van der Waals surface area contributed by atoms with Gasteiger partial charge in [0.2, 0.25) is 5.82 Å². The standard InChI is InChI=1S/C20H14N4O4S/c1-12-4-5-14(11-16(12)24(26)27)19(25)21-15-8-6-13(7-9-15)18-22-20(28-23-18)17-3-2-10-29-17/h2-11H,1H3,(H,21,25). The van der Waals surface area contributed by atoms with Crippen LogP contribution in [-0.4, -0.2) is 21.0 Å². The monoisotopic (exact) mass is 406 g/mol. The van der Waals surface area contributed by atoms with E-state index in [0.717, 1.165) is 10.4 Å². The lowest BCUT2D eigenvalue weighted by Gasteiger charge is -2.06. The highest BCUT2D eigenvalue weighted by molar-refractivity contribution is 7.13. The second-order valence-electron chi connectivity index (χ2n) is 6.19. The van der Waals surface area contributed by atoms with Crippen molar-refractivity contribution in [3.8, 4) is 22.2 Å². The zero-order chi connectivity index (χ0) is 20.4. The van der Waals surface area contributed by atoms with Gasteiger partial charge in [-0.1, -0.05) is 17.3 Å². The van der Waals surface area contributed by atoms with Crippen molar-refractivity contribution in [3.63, 3.8) is 0 Å². The van der Waals surface area contributed by atoms with E-state index in [1.807, 2.05) is 17.5 Å². The molecule has 0 fully saturated rings. The molecular formula is C20H14N4O4S. The third-order valence-corrected chi connectivity index (χ3v) is 5.08. The van der Waals surface area contributed by atoms with Crippen LogP contribution in [0.3, 0.4) is 0 Å². The topological polar surface area (TPSA) is 111 Å². The molecule has 0 spiro atoms. The van der Waals surface area contributed by atoms with E-state index in [4.69, 9.17) is 4.52 Å². The Morgan fingerprint density at radius 3 is 2.66 bits per heavy atom. The molecule has 2 heterocycles. The molecule has 8 nitrogen and oxygen atoms in total. The second-order valence-corrected chi connectivity index (χ2v) is 7.14. The molecule has 4 rings (SSSR count). The molecule has 0 bridgehead atoms. The Morgan fingerprint density at radius 2 is 1.97 bits per heavy atom. The lowest BCUT2D eigenvalue weighted by Crippen LogP contribution is -2.12. The first kappa shape index (κ1) is 18.5. The summed E-state index contributed by atoms with van der Waals surface area (Å²) in [6.07, 6.45) is 0. The van der Waals surface area contributed by atoms with Crippen molar-refractivity contribution in [2.45, 2.75) is 6.92 Å². The van der Waals surface area contributed by atoms with Crippen LogP contribution in [0.4, 0.5) is 11.4 Å². The molecule has 0 atom stereocenters. The van der Waals surface area contributed by atoms with Crippen LogP contribution >= 0.6 is 11.3 Å². The van der Waals surface area contributed by atoms with E-state index in [9.17, 15) is 14.9 Å². The van der Waals surface area contributed by atoms with E-state index in [1.54, 1.807) is 43.3 Å². The summed E-state index contributed by atoms with van der Waals surface area (Å²) in [6.45, 7) is 1.63. The molecule has 0 unspecified atom stereocenters. The summed E-state index contributed by atoms with van der Waals surface area (Å²) in [7, 11) is 0. The van der Waals surface area contributed by atoms with E-state index >= 15 is 0 Å². The van der Waals surface area contributed by atoms with Gasteiger partial charge in [0.15, 0.2) is 0 Å². The number of nitrogens with zero attached hydrogens (tertiary/aromatic N) is 3. The number of benzene rings is 2. The lowest BCUT2D eigenvalue weighted by atomic mass is 10.1. The van der Waals surface area contributed by atoms with Crippen molar-refractivity contribution < 1.29 is 14.2 Å². The number of anilines is 1. The zero-order valence-corrected chi connectivity index (χ0v) is 16.0. The van der Waals surface area contributed by atoms with Crippen LogP contribution in [0.2, 0.25) is 0 Å². The van der Waals surface area contributed by atoms with Crippen molar-refractivity contribution in [2.75, 3.05) is 5.32 Å². The normalized spacial score (nSPS) is 10.7. The molecule has 0 aliphatic rings. The summed E-state index contributed by atoms with van der Waals surface area (Å²) in [6, 6.07) is 15.1. The van der Waals surface area contributed by atoms with Gasteiger partial charge >= 0.3 is 0 Å². The number of amides is 1. The fraction of sp³-hybridized carbons (Fsp3) is 0.0500. The molecule has 2 aromatic carbocycles. The van der Waals surface area contributed by atoms with Crippen molar-refractivity contribution in [2.24, 2.45) is 0 Å². The van der Waals surface area contributed by atoms with Crippen LogP contribution in [0.15, 0.2) is 64.5 Å². The number of aromatic nitrogens is 2. The van der Waals surface area contributed by atoms with Crippen LogP contribution in [0.25, 0.3) is 22.2 Å². The summed E-state index contributed by atoms with van der Waals surface area (Å²) in [5.41, 5.74) is 1.90. The number of nitro benzene ring substituents is 1. The largest absolute Gasteiger partial charge is 0.333 e. The summed E-state index contributed by atoms with van der Waals surface area (Å²) >= 11 is 1.51. The fourth-order valence-electron chi connectivity index (χ4n) is 2.69.